The number of halogens is 3. The fourth-order valence-electron chi connectivity index (χ4n) is 4.83. The molecule has 1 heterocycles. The van der Waals surface area contributed by atoms with Crippen LogP contribution in [0.5, 0.6) is 5.75 Å². The molecule has 42 heavy (non-hydrogen) atoms. The highest BCUT2D eigenvalue weighted by molar-refractivity contribution is 9.10. The summed E-state index contributed by atoms with van der Waals surface area (Å²) in [7, 11) is 0. The minimum atomic E-state index is -1.44. The maximum atomic E-state index is 14.2. The summed E-state index contributed by atoms with van der Waals surface area (Å²) in [6.45, 7) is 0.401. The van der Waals surface area contributed by atoms with Gasteiger partial charge in [-0.05, 0) is 59.2 Å². The predicted octanol–water partition coefficient (Wildman–Crippen LogP) is 6.30. The molecule has 1 aliphatic rings. The van der Waals surface area contributed by atoms with Gasteiger partial charge in [0.1, 0.15) is 5.75 Å². The lowest BCUT2D eigenvalue weighted by Gasteiger charge is -2.31. The lowest BCUT2D eigenvalue weighted by Crippen LogP contribution is -2.49. The van der Waals surface area contributed by atoms with Gasteiger partial charge in [-0.1, -0.05) is 70.5 Å². The molecule has 1 aliphatic heterocycles. The van der Waals surface area contributed by atoms with Crippen molar-refractivity contribution in [3.8, 4) is 5.75 Å². The van der Waals surface area contributed by atoms with Crippen molar-refractivity contribution in [3.05, 3.63) is 135 Å². The standard InChI is InChI=1S/C33H29BrF2N2O4/c34-27-10-5-4-9-25(27)20-33(32(40)37-21-22-11-16-28(35)29(36)19-22)30(23-7-2-1-3-8-23)42-31(38-33)24-12-14-26(15-13-24)41-18-6-17-39/h1-5,7-16,19,30,39H,6,17-18,20-21H2,(H,37,40)/t30-,33-/m1/s1. The Hall–Kier alpha value is -4.08. The van der Waals surface area contributed by atoms with Crippen LogP contribution in [0.1, 0.15) is 34.8 Å². The molecule has 0 saturated heterocycles. The van der Waals surface area contributed by atoms with Gasteiger partial charge in [0, 0.05) is 36.0 Å². The molecular formula is C33H29BrF2N2O4. The van der Waals surface area contributed by atoms with Crippen LogP contribution in [-0.2, 0) is 22.5 Å². The zero-order valence-corrected chi connectivity index (χ0v) is 24.2. The number of benzene rings is 4. The van der Waals surface area contributed by atoms with E-state index in [2.05, 4.69) is 21.2 Å². The van der Waals surface area contributed by atoms with Gasteiger partial charge in [0.05, 0.1) is 6.61 Å². The molecule has 0 aromatic heterocycles. The number of hydrogen-bond donors (Lipinski definition) is 2. The second-order valence-electron chi connectivity index (χ2n) is 9.90. The van der Waals surface area contributed by atoms with Crippen LogP contribution in [0.15, 0.2) is 107 Å². The van der Waals surface area contributed by atoms with Gasteiger partial charge < -0.3 is 19.9 Å². The Morgan fingerprint density at radius 1 is 0.976 bits per heavy atom. The summed E-state index contributed by atoms with van der Waals surface area (Å²) in [6, 6.07) is 27.7. The van der Waals surface area contributed by atoms with Gasteiger partial charge in [0.15, 0.2) is 23.3 Å². The maximum absolute atomic E-state index is 14.2. The van der Waals surface area contributed by atoms with E-state index in [0.29, 0.717) is 35.8 Å². The molecule has 4 aromatic rings. The van der Waals surface area contributed by atoms with E-state index >= 15 is 0 Å². The zero-order chi connectivity index (χ0) is 29.5. The van der Waals surface area contributed by atoms with Gasteiger partial charge >= 0.3 is 0 Å². The number of nitrogens with zero attached hydrogens (tertiary/aromatic N) is 1. The Morgan fingerprint density at radius 3 is 2.43 bits per heavy atom. The lowest BCUT2D eigenvalue weighted by atomic mass is 9.82. The summed E-state index contributed by atoms with van der Waals surface area (Å²) in [5.74, 6) is -1.44. The van der Waals surface area contributed by atoms with Crippen LogP contribution in [0, 0.1) is 11.6 Å². The minimum Gasteiger partial charge on any atom is -0.494 e. The van der Waals surface area contributed by atoms with E-state index in [1.807, 2.05) is 66.7 Å². The largest absolute Gasteiger partial charge is 0.494 e. The zero-order valence-electron chi connectivity index (χ0n) is 22.6. The van der Waals surface area contributed by atoms with Crippen molar-refractivity contribution >= 4 is 27.7 Å². The van der Waals surface area contributed by atoms with Crippen molar-refractivity contribution in [2.24, 2.45) is 4.99 Å². The first-order valence-corrected chi connectivity index (χ1v) is 14.3. The smallest absolute Gasteiger partial charge is 0.252 e. The topological polar surface area (TPSA) is 80.2 Å². The first kappa shape index (κ1) is 29.4. The van der Waals surface area contributed by atoms with Crippen molar-refractivity contribution in [1.82, 2.24) is 5.32 Å². The number of nitrogens with one attached hydrogen (secondary N) is 1. The third-order valence-electron chi connectivity index (χ3n) is 6.99. The Morgan fingerprint density at radius 2 is 1.71 bits per heavy atom. The highest BCUT2D eigenvalue weighted by Gasteiger charge is 2.53. The molecule has 216 valence electrons. The number of carbonyl (C=O) groups excluding carboxylic acids is 1. The van der Waals surface area contributed by atoms with E-state index < -0.39 is 29.2 Å². The number of aliphatic hydroxyl groups excluding tert-OH is 1. The molecule has 1 amide bonds. The first-order chi connectivity index (χ1) is 20.4. The molecule has 0 spiro atoms. The summed E-state index contributed by atoms with van der Waals surface area (Å²) in [5.41, 5.74) is 1.25. The first-order valence-electron chi connectivity index (χ1n) is 13.5. The monoisotopic (exact) mass is 634 g/mol. The molecule has 9 heteroatoms. The number of amides is 1. The molecule has 0 fully saturated rings. The molecule has 6 nitrogen and oxygen atoms in total. The Bertz CT molecular complexity index is 1570. The van der Waals surface area contributed by atoms with Crippen molar-refractivity contribution in [2.45, 2.75) is 31.0 Å². The Balaban J connectivity index is 1.54. The van der Waals surface area contributed by atoms with E-state index in [-0.39, 0.29) is 19.6 Å². The third-order valence-corrected chi connectivity index (χ3v) is 7.76. The number of carbonyl (C=O) groups is 1. The molecule has 5 rings (SSSR count). The van der Waals surface area contributed by atoms with Crippen LogP contribution in [0.4, 0.5) is 8.78 Å². The SMILES string of the molecule is O=C(NCc1ccc(F)c(F)c1)[C@]1(Cc2ccccc2Br)N=C(c2ccc(OCCCO)cc2)O[C@@H]1c1ccccc1. The van der Waals surface area contributed by atoms with Crippen LogP contribution in [0.2, 0.25) is 0 Å². The second-order valence-corrected chi connectivity index (χ2v) is 10.8. The molecule has 4 aromatic carbocycles. The van der Waals surface area contributed by atoms with Crippen molar-refractivity contribution in [1.29, 1.82) is 0 Å². The van der Waals surface area contributed by atoms with E-state index in [1.165, 1.54) is 6.07 Å². The van der Waals surface area contributed by atoms with Crippen molar-refractivity contribution in [2.75, 3.05) is 13.2 Å². The molecule has 2 N–H and O–H groups in total. The molecule has 0 aliphatic carbocycles. The molecule has 0 saturated carbocycles. The molecule has 0 bridgehead atoms. The summed E-state index contributed by atoms with van der Waals surface area (Å²) < 4.78 is 40.4. The Labute approximate surface area is 251 Å². The van der Waals surface area contributed by atoms with Crippen molar-refractivity contribution < 1.29 is 28.2 Å². The van der Waals surface area contributed by atoms with Crippen LogP contribution >= 0.6 is 15.9 Å². The Kier molecular flexibility index (Phi) is 9.29. The number of hydrogen-bond acceptors (Lipinski definition) is 5. The van der Waals surface area contributed by atoms with Crippen LogP contribution in [0.25, 0.3) is 0 Å². The quantitative estimate of drug-likeness (QED) is 0.190. The maximum Gasteiger partial charge on any atom is 0.252 e. The van der Waals surface area contributed by atoms with E-state index in [9.17, 15) is 13.6 Å². The van der Waals surface area contributed by atoms with Gasteiger partial charge in [-0.3, -0.25) is 4.79 Å². The average Bonchev–Trinajstić information content (AvgIpc) is 3.40. The van der Waals surface area contributed by atoms with Crippen LogP contribution in [0.3, 0.4) is 0 Å². The molecule has 0 radical (unpaired) electrons. The van der Waals surface area contributed by atoms with Gasteiger partial charge in [-0.15, -0.1) is 0 Å². The van der Waals surface area contributed by atoms with E-state index in [4.69, 9.17) is 19.6 Å². The highest BCUT2D eigenvalue weighted by Crippen LogP contribution is 2.43. The van der Waals surface area contributed by atoms with E-state index in [0.717, 1.165) is 27.7 Å². The average molecular weight is 636 g/mol. The highest BCUT2D eigenvalue weighted by atomic mass is 79.9. The molecular weight excluding hydrogens is 606 g/mol. The van der Waals surface area contributed by atoms with Crippen LogP contribution in [-0.4, -0.2) is 35.7 Å². The fraction of sp³-hybridized carbons (Fsp3) is 0.212. The predicted molar refractivity (Wildman–Crippen MR) is 159 cm³/mol. The van der Waals surface area contributed by atoms with Gasteiger partial charge in [-0.25, -0.2) is 13.8 Å². The molecule has 0 unspecified atom stereocenters. The summed E-state index contributed by atoms with van der Waals surface area (Å²) in [5, 5.41) is 11.9. The van der Waals surface area contributed by atoms with E-state index in [1.54, 1.807) is 12.1 Å². The summed E-state index contributed by atoms with van der Waals surface area (Å²) in [4.78, 5) is 19.2. The van der Waals surface area contributed by atoms with Gasteiger partial charge in [0.25, 0.3) is 5.91 Å². The lowest BCUT2D eigenvalue weighted by molar-refractivity contribution is -0.129. The number of ether oxygens (including phenoxy) is 2. The second kappa shape index (κ2) is 13.3. The third kappa shape index (κ3) is 6.53. The molecule has 2 atom stereocenters. The fourth-order valence-corrected chi connectivity index (χ4v) is 5.25. The summed E-state index contributed by atoms with van der Waals surface area (Å²) >= 11 is 3.61. The summed E-state index contributed by atoms with van der Waals surface area (Å²) in [6.07, 6.45) is -0.0666. The van der Waals surface area contributed by atoms with Crippen molar-refractivity contribution in [3.63, 3.8) is 0 Å². The van der Waals surface area contributed by atoms with Gasteiger partial charge in [-0.2, -0.15) is 0 Å². The normalized spacial score (nSPS) is 17.8. The minimum absolute atomic E-state index is 0.0278. The van der Waals surface area contributed by atoms with Crippen LogP contribution < -0.4 is 10.1 Å². The number of aliphatic hydroxyl groups is 1. The van der Waals surface area contributed by atoms with Gasteiger partial charge in [0.2, 0.25) is 5.90 Å². The number of aliphatic imine (C=N–C) groups is 1. The number of rotatable bonds is 11.